The fraction of sp³-hybridized carbons (Fsp3) is 0.0476. The van der Waals surface area contributed by atoms with Crippen LogP contribution >= 0.6 is 0 Å². The van der Waals surface area contributed by atoms with Gasteiger partial charge in [-0.1, -0.05) is 54.6 Å². The summed E-state index contributed by atoms with van der Waals surface area (Å²) in [5.41, 5.74) is 4.78. The van der Waals surface area contributed by atoms with E-state index in [0.29, 0.717) is 5.65 Å². The first-order valence-corrected chi connectivity index (χ1v) is 8.06. The number of aromatic amines is 1. The molecule has 2 aromatic heterocycles. The first-order valence-electron chi connectivity index (χ1n) is 8.06. The molecule has 25 heavy (non-hydrogen) atoms. The molecule has 0 saturated carbocycles. The third kappa shape index (κ3) is 2.90. The topological polar surface area (TPSA) is 50.8 Å². The number of nitrogens with zero attached hydrogens (tertiary/aromatic N) is 2. The minimum atomic E-state index is 0.691. The van der Waals surface area contributed by atoms with Gasteiger partial charge in [0.15, 0.2) is 5.65 Å². The lowest BCUT2D eigenvalue weighted by Crippen LogP contribution is -1.89. The highest BCUT2D eigenvalue weighted by atomic mass is 16.5. The number of para-hydroxylation sites is 1. The van der Waals surface area contributed by atoms with Crippen LogP contribution in [0.1, 0.15) is 11.1 Å². The summed E-state index contributed by atoms with van der Waals surface area (Å²) in [6.45, 7) is 0. The zero-order chi connectivity index (χ0) is 17.1. The Hall–Kier alpha value is -3.40. The second-order valence-corrected chi connectivity index (χ2v) is 5.64. The van der Waals surface area contributed by atoms with Crippen LogP contribution in [0, 0.1) is 0 Å². The van der Waals surface area contributed by atoms with Gasteiger partial charge in [-0.2, -0.15) is 5.10 Å². The normalized spacial score (nSPS) is 11.2. The summed E-state index contributed by atoms with van der Waals surface area (Å²) in [6.07, 6.45) is 5.96. The van der Waals surface area contributed by atoms with Gasteiger partial charge in [-0.05, 0) is 29.3 Å². The zero-order valence-electron chi connectivity index (χ0n) is 13.8. The molecule has 4 nitrogen and oxygen atoms in total. The largest absolute Gasteiger partial charge is 0.496 e. The van der Waals surface area contributed by atoms with Crippen LogP contribution in [0.15, 0.2) is 66.9 Å². The summed E-state index contributed by atoms with van der Waals surface area (Å²) in [5, 5.41) is 8.46. The van der Waals surface area contributed by atoms with Gasteiger partial charge in [0.25, 0.3) is 0 Å². The molecule has 2 aromatic carbocycles. The molecule has 0 amide bonds. The van der Waals surface area contributed by atoms with E-state index in [-0.39, 0.29) is 0 Å². The van der Waals surface area contributed by atoms with Gasteiger partial charge in [0.2, 0.25) is 0 Å². The molecular formula is C21H17N3O. The Labute approximate surface area is 145 Å². The molecule has 0 fully saturated rings. The van der Waals surface area contributed by atoms with E-state index in [9.17, 15) is 0 Å². The average molecular weight is 327 g/mol. The third-order valence-corrected chi connectivity index (χ3v) is 4.12. The van der Waals surface area contributed by atoms with Gasteiger partial charge >= 0.3 is 0 Å². The predicted octanol–water partition coefficient (Wildman–Crippen LogP) is 4.80. The molecule has 0 aliphatic carbocycles. The molecule has 0 unspecified atom stereocenters. The molecule has 0 bridgehead atoms. The SMILES string of the molecule is COc1ccccc1-c1[nH]nc2nccc(C=Cc3ccccc3)c12. The van der Waals surface area contributed by atoms with Crippen molar-refractivity contribution in [3.8, 4) is 17.0 Å². The van der Waals surface area contributed by atoms with Gasteiger partial charge in [-0.25, -0.2) is 4.98 Å². The molecule has 0 spiro atoms. The number of hydrogen-bond donors (Lipinski definition) is 1. The highest BCUT2D eigenvalue weighted by molar-refractivity contribution is 5.99. The number of methoxy groups -OCH3 is 1. The second-order valence-electron chi connectivity index (χ2n) is 5.64. The van der Waals surface area contributed by atoms with E-state index < -0.39 is 0 Å². The van der Waals surface area contributed by atoms with Gasteiger partial charge in [0.05, 0.1) is 18.2 Å². The fourth-order valence-electron chi connectivity index (χ4n) is 2.91. The summed E-state index contributed by atoms with van der Waals surface area (Å²) in [6, 6.07) is 20.1. The van der Waals surface area contributed by atoms with Crippen molar-refractivity contribution in [2.24, 2.45) is 0 Å². The lowest BCUT2D eigenvalue weighted by Gasteiger charge is -2.07. The number of benzene rings is 2. The van der Waals surface area contributed by atoms with E-state index in [2.05, 4.69) is 39.5 Å². The van der Waals surface area contributed by atoms with Gasteiger partial charge in [0.1, 0.15) is 5.75 Å². The monoisotopic (exact) mass is 327 g/mol. The van der Waals surface area contributed by atoms with Crippen LogP contribution in [0.5, 0.6) is 5.75 Å². The van der Waals surface area contributed by atoms with Crippen molar-refractivity contribution < 1.29 is 4.74 Å². The maximum absolute atomic E-state index is 5.50. The highest BCUT2D eigenvalue weighted by Gasteiger charge is 2.14. The Morgan fingerprint density at radius 3 is 2.56 bits per heavy atom. The van der Waals surface area contributed by atoms with E-state index in [1.165, 1.54) is 0 Å². The summed E-state index contributed by atoms with van der Waals surface area (Å²) in [4.78, 5) is 4.38. The molecule has 0 atom stereocenters. The minimum Gasteiger partial charge on any atom is -0.496 e. The van der Waals surface area contributed by atoms with E-state index in [4.69, 9.17) is 4.74 Å². The van der Waals surface area contributed by atoms with Crippen LogP contribution in [0.2, 0.25) is 0 Å². The van der Waals surface area contributed by atoms with Crippen molar-refractivity contribution in [2.75, 3.05) is 7.11 Å². The lowest BCUT2D eigenvalue weighted by atomic mass is 10.0. The van der Waals surface area contributed by atoms with Crippen LogP contribution in [-0.2, 0) is 0 Å². The number of pyridine rings is 1. The van der Waals surface area contributed by atoms with E-state index in [1.807, 2.05) is 48.5 Å². The molecule has 4 heteroatoms. The minimum absolute atomic E-state index is 0.691. The summed E-state index contributed by atoms with van der Waals surface area (Å²) < 4.78 is 5.50. The van der Waals surface area contributed by atoms with Gasteiger partial charge in [0, 0.05) is 11.8 Å². The van der Waals surface area contributed by atoms with Crippen molar-refractivity contribution in [3.63, 3.8) is 0 Å². The van der Waals surface area contributed by atoms with Gasteiger partial charge < -0.3 is 4.74 Å². The van der Waals surface area contributed by atoms with Crippen molar-refractivity contribution in [2.45, 2.75) is 0 Å². The first-order chi connectivity index (χ1) is 12.4. The van der Waals surface area contributed by atoms with Crippen LogP contribution < -0.4 is 4.74 Å². The molecule has 4 aromatic rings. The molecule has 0 radical (unpaired) electrons. The number of hydrogen-bond acceptors (Lipinski definition) is 3. The average Bonchev–Trinajstić information content (AvgIpc) is 3.12. The quantitative estimate of drug-likeness (QED) is 0.585. The second kappa shape index (κ2) is 6.61. The highest BCUT2D eigenvalue weighted by Crippen LogP contribution is 2.34. The number of fused-ring (bicyclic) bond motifs is 1. The Morgan fingerprint density at radius 1 is 0.920 bits per heavy atom. The van der Waals surface area contributed by atoms with E-state index >= 15 is 0 Å². The number of aromatic nitrogens is 3. The number of H-pyrrole nitrogens is 1. The van der Waals surface area contributed by atoms with E-state index in [0.717, 1.165) is 33.5 Å². The number of rotatable bonds is 4. The maximum atomic E-state index is 5.50. The zero-order valence-corrected chi connectivity index (χ0v) is 13.8. The van der Waals surface area contributed by atoms with Crippen molar-refractivity contribution in [1.29, 1.82) is 0 Å². The smallest absolute Gasteiger partial charge is 0.182 e. The van der Waals surface area contributed by atoms with Crippen molar-refractivity contribution >= 4 is 23.2 Å². The van der Waals surface area contributed by atoms with Crippen LogP contribution in [0.25, 0.3) is 34.4 Å². The Kier molecular flexibility index (Phi) is 4.01. The van der Waals surface area contributed by atoms with Gasteiger partial charge in [-0.15, -0.1) is 0 Å². The summed E-state index contributed by atoms with van der Waals surface area (Å²) >= 11 is 0. The van der Waals surface area contributed by atoms with Crippen molar-refractivity contribution in [3.05, 3.63) is 78.0 Å². The molecule has 1 N–H and O–H groups in total. The lowest BCUT2D eigenvalue weighted by molar-refractivity contribution is 0.416. The van der Waals surface area contributed by atoms with Crippen LogP contribution in [0.4, 0.5) is 0 Å². The fourth-order valence-corrected chi connectivity index (χ4v) is 2.91. The number of ether oxygens (including phenoxy) is 1. The molecule has 4 rings (SSSR count). The molecular weight excluding hydrogens is 310 g/mol. The molecule has 122 valence electrons. The Balaban J connectivity index is 1.86. The third-order valence-electron chi connectivity index (χ3n) is 4.12. The Bertz CT molecular complexity index is 1040. The molecule has 2 heterocycles. The van der Waals surface area contributed by atoms with Crippen LogP contribution in [-0.4, -0.2) is 22.3 Å². The molecule has 0 aliphatic rings. The molecule has 0 saturated heterocycles. The van der Waals surface area contributed by atoms with Crippen molar-refractivity contribution in [1.82, 2.24) is 15.2 Å². The predicted molar refractivity (Wildman–Crippen MR) is 101 cm³/mol. The maximum Gasteiger partial charge on any atom is 0.182 e. The first kappa shape index (κ1) is 15.1. The Morgan fingerprint density at radius 2 is 1.72 bits per heavy atom. The van der Waals surface area contributed by atoms with Crippen LogP contribution in [0.3, 0.4) is 0 Å². The van der Waals surface area contributed by atoms with E-state index in [1.54, 1.807) is 13.3 Å². The van der Waals surface area contributed by atoms with Gasteiger partial charge in [-0.3, -0.25) is 5.10 Å². The summed E-state index contributed by atoms with van der Waals surface area (Å²) in [7, 11) is 1.67. The standard InChI is InChI=1S/C21H17N3O/c1-25-18-10-6-5-9-17(18)20-19-16(13-14-22-21(19)24-23-20)12-11-15-7-3-2-4-8-15/h2-14H,1H3,(H,22,23,24). The number of nitrogens with one attached hydrogen (secondary N) is 1. The summed E-state index contributed by atoms with van der Waals surface area (Å²) in [5.74, 6) is 0.801. The molecule has 0 aliphatic heterocycles.